The molecule has 0 amide bonds. The zero-order valence-electron chi connectivity index (χ0n) is 15.6. The molecule has 0 radical (unpaired) electrons. The maximum Gasteiger partial charge on any atom is 0.420 e. The summed E-state index contributed by atoms with van der Waals surface area (Å²) in [5, 5.41) is 0. The molecule has 0 unspecified atom stereocenters. The lowest BCUT2D eigenvalue weighted by Crippen LogP contribution is -2.13. The number of alkyl halides is 6. The van der Waals surface area contributed by atoms with Crippen LogP contribution >= 0.6 is 0 Å². The van der Waals surface area contributed by atoms with Gasteiger partial charge in [0.05, 0.1) is 22.5 Å². The fourth-order valence-electron chi connectivity index (χ4n) is 2.60. The summed E-state index contributed by atoms with van der Waals surface area (Å²) in [4.78, 5) is 0. The molecule has 12 heteroatoms. The number of halogens is 8. The largest absolute Gasteiger partial charge is 0.457 e. The zero-order valence-corrected chi connectivity index (χ0v) is 15.6. The van der Waals surface area contributed by atoms with E-state index >= 15 is 0 Å². The maximum atomic E-state index is 13.5. The second-order valence-electron chi connectivity index (χ2n) is 6.41. The number of hydrogen-bond donors (Lipinski definition) is 2. The maximum absolute atomic E-state index is 13.5. The van der Waals surface area contributed by atoms with Gasteiger partial charge in [-0.3, -0.25) is 0 Å². The van der Waals surface area contributed by atoms with Crippen molar-refractivity contribution in [3.05, 3.63) is 71.3 Å². The first-order valence-electron chi connectivity index (χ1n) is 8.54. The third-order valence-electron chi connectivity index (χ3n) is 4.08. The summed E-state index contributed by atoms with van der Waals surface area (Å²) < 4.78 is 118. The number of benzene rings is 3. The quantitative estimate of drug-likeness (QED) is 0.331. The van der Waals surface area contributed by atoms with E-state index in [1.165, 1.54) is 0 Å². The van der Waals surface area contributed by atoms with Gasteiger partial charge in [0.1, 0.15) is 34.6 Å². The molecule has 32 heavy (non-hydrogen) atoms. The summed E-state index contributed by atoms with van der Waals surface area (Å²) in [6.45, 7) is 0. The first-order chi connectivity index (χ1) is 14.8. The number of anilines is 2. The smallest absolute Gasteiger partial charge is 0.420 e. The summed E-state index contributed by atoms with van der Waals surface area (Å²) in [5.41, 5.74) is 6.24. The van der Waals surface area contributed by atoms with E-state index in [9.17, 15) is 35.1 Å². The minimum absolute atomic E-state index is 0.190. The van der Waals surface area contributed by atoms with Crippen LogP contribution in [0.2, 0.25) is 0 Å². The highest BCUT2D eigenvalue weighted by atomic mass is 19.4. The number of rotatable bonds is 4. The van der Waals surface area contributed by atoms with Gasteiger partial charge in [0.15, 0.2) is 0 Å². The van der Waals surface area contributed by atoms with E-state index in [0.29, 0.717) is 6.07 Å². The molecule has 3 aromatic rings. The van der Waals surface area contributed by atoms with Crippen molar-refractivity contribution in [1.82, 2.24) is 0 Å². The molecule has 0 heterocycles. The van der Waals surface area contributed by atoms with Gasteiger partial charge in [0, 0.05) is 18.2 Å². The van der Waals surface area contributed by atoms with Crippen LogP contribution in [0, 0.1) is 11.6 Å². The van der Waals surface area contributed by atoms with Gasteiger partial charge in [-0.05, 0) is 30.3 Å². The van der Waals surface area contributed by atoms with Crippen molar-refractivity contribution in [2.45, 2.75) is 12.4 Å². The lowest BCUT2D eigenvalue weighted by molar-refractivity contribution is -0.144. The van der Waals surface area contributed by atoms with E-state index in [4.69, 9.17) is 20.9 Å². The molecule has 0 aliphatic carbocycles. The molecule has 0 fully saturated rings. The highest BCUT2D eigenvalue weighted by molar-refractivity contribution is 5.54. The molecule has 0 aromatic heterocycles. The molecule has 0 aliphatic rings. The number of nitrogen functional groups attached to an aromatic ring is 2. The van der Waals surface area contributed by atoms with Crippen molar-refractivity contribution in [2.75, 3.05) is 11.5 Å². The number of ether oxygens (including phenoxy) is 2. The molecule has 3 rings (SSSR count). The Morgan fingerprint density at radius 3 is 1.25 bits per heavy atom. The fourth-order valence-corrected chi connectivity index (χ4v) is 2.60. The Morgan fingerprint density at radius 2 is 0.938 bits per heavy atom. The molecule has 3 aromatic carbocycles. The van der Waals surface area contributed by atoms with E-state index in [-0.39, 0.29) is 17.6 Å². The molecule has 0 bridgehead atoms. The summed E-state index contributed by atoms with van der Waals surface area (Å²) >= 11 is 0. The zero-order chi connectivity index (χ0) is 23.8. The minimum atomic E-state index is -5.25. The summed E-state index contributed by atoms with van der Waals surface area (Å²) in [7, 11) is 0. The molecule has 0 saturated carbocycles. The van der Waals surface area contributed by atoms with Gasteiger partial charge < -0.3 is 20.9 Å². The molecular formula is C20H12F8N2O2. The van der Waals surface area contributed by atoms with Gasteiger partial charge in [0.2, 0.25) is 0 Å². The first-order valence-corrected chi connectivity index (χ1v) is 8.54. The molecular weight excluding hydrogens is 452 g/mol. The van der Waals surface area contributed by atoms with E-state index in [1.54, 1.807) is 0 Å². The second-order valence-corrected chi connectivity index (χ2v) is 6.41. The topological polar surface area (TPSA) is 70.5 Å². The molecule has 0 aliphatic heterocycles. The van der Waals surface area contributed by atoms with Crippen molar-refractivity contribution in [3.63, 3.8) is 0 Å². The van der Waals surface area contributed by atoms with Crippen molar-refractivity contribution in [3.8, 4) is 23.0 Å². The van der Waals surface area contributed by atoms with Crippen LogP contribution in [0.4, 0.5) is 46.5 Å². The SMILES string of the molecule is Nc1cc(Oc2cc(Oc3ccc(F)c(N)c3)c(C(F)(F)F)cc2C(F)(F)F)ccc1F. The average molecular weight is 464 g/mol. The van der Waals surface area contributed by atoms with Crippen LogP contribution < -0.4 is 20.9 Å². The molecule has 0 atom stereocenters. The van der Waals surface area contributed by atoms with Crippen LogP contribution in [0.25, 0.3) is 0 Å². The lowest BCUT2D eigenvalue weighted by atomic mass is 10.1. The third kappa shape index (κ3) is 4.95. The highest BCUT2D eigenvalue weighted by Crippen LogP contribution is 2.47. The molecule has 4 nitrogen and oxygen atoms in total. The van der Waals surface area contributed by atoms with Gasteiger partial charge >= 0.3 is 12.4 Å². The minimum Gasteiger partial charge on any atom is -0.457 e. The summed E-state index contributed by atoms with van der Waals surface area (Å²) in [6.07, 6.45) is -10.5. The second kappa shape index (κ2) is 8.09. The Kier molecular flexibility index (Phi) is 5.81. The van der Waals surface area contributed by atoms with E-state index < -0.39 is 58.0 Å². The Balaban J connectivity index is 2.16. The van der Waals surface area contributed by atoms with Crippen molar-refractivity contribution >= 4 is 11.4 Å². The Bertz CT molecular complexity index is 1070. The van der Waals surface area contributed by atoms with Gasteiger partial charge in [0.25, 0.3) is 0 Å². The van der Waals surface area contributed by atoms with E-state index in [2.05, 4.69) is 0 Å². The Morgan fingerprint density at radius 1 is 0.562 bits per heavy atom. The number of hydrogen-bond acceptors (Lipinski definition) is 4. The monoisotopic (exact) mass is 464 g/mol. The van der Waals surface area contributed by atoms with Crippen LogP contribution in [-0.4, -0.2) is 0 Å². The Labute approximate surface area is 175 Å². The van der Waals surface area contributed by atoms with E-state index in [0.717, 1.165) is 36.4 Å². The normalized spacial score (nSPS) is 12.0. The average Bonchev–Trinajstić information content (AvgIpc) is 2.66. The van der Waals surface area contributed by atoms with Crippen LogP contribution in [0.1, 0.15) is 11.1 Å². The molecule has 4 N–H and O–H groups in total. The predicted octanol–water partition coefficient (Wildman–Crippen LogP) is 6.75. The van der Waals surface area contributed by atoms with Gasteiger partial charge in [-0.25, -0.2) is 8.78 Å². The van der Waals surface area contributed by atoms with Crippen LogP contribution in [0.5, 0.6) is 23.0 Å². The van der Waals surface area contributed by atoms with Crippen molar-refractivity contribution in [2.24, 2.45) is 0 Å². The number of nitrogens with two attached hydrogens (primary N) is 2. The van der Waals surface area contributed by atoms with Crippen LogP contribution in [-0.2, 0) is 12.4 Å². The first kappa shape index (κ1) is 23.0. The summed E-state index contributed by atoms with van der Waals surface area (Å²) in [5.74, 6) is -4.63. The van der Waals surface area contributed by atoms with Crippen molar-refractivity contribution < 1.29 is 44.6 Å². The highest BCUT2D eigenvalue weighted by Gasteiger charge is 2.42. The van der Waals surface area contributed by atoms with E-state index in [1.807, 2.05) is 0 Å². The van der Waals surface area contributed by atoms with Crippen molar-refractivity contribution in [1.29, 1.82) is 0 Å². The molecule has 0 spiro atoms. The molecule has 170 valence electrons. The van der Waals surface area contributed by atoms with Gasteiger partial charge in [-0.2, -0.15) is 26.3 Å². The lowest BCUT2D eigenvalue weighted by Gasteiger charge is -2.20. The van der Waals surface area contributed by atoms with Crippen LogP contribution in [0.3, 0.4) is 0 Å². The van der Waals surface area contributed by atoms with Crippen LogP contribution in [0.15, 0.2) is 48.5 Å². The third-order valence-corrected chi connectivity index (χ3v) is 4.08. The predicted molar refractivity (Wildman–Crippen MR) is 98.2 cm³/mol. The standard InChI is InChI=1S/C20H12F8N2O2/c21-13-3-1-9(5-15(13)29)31-17-8-18(32-10-2-4-14(22)16(30)6-10)12(20(26,27)28)7-11(17)19(23,24)25/h1-8H,29-30H2. The summed E-state index contributed by atoms with van der Waals surface area (Å²) in [6, 6.07) is 5.37. The Hall–Kier alpha value is -3.70. The molecule has 0 saturated heterocycles. The van der Waals surface area contributed by atoms with Gasteiger partial charge in [-0.1, -0.05) is 0 Å². The van der Waals surface area contributed by atoms with Gasteiger partial charge in [-0.15, -0.1) is 0 Å². The fraction of sp³-hybridized carbons (Fsp3) is 0.100.